The summed E-state index contributed by atoms with van der Waals surface area (Å²) in [4.78, 5) is 0. The molecule has 0 aliphatic carbocycles. The molecule has 96 valence electrons. The Bertz CT molecular complexity index is 569. The first-order valence-electron chi connectivity index (χ1n) is 6.05. The minimum atomic E-state index is 0.532. The molecule has 0 aliphatic rings. The van der Waals surface area contributed by atoms with Crippen molar-refractivity contribution in [2.75, 3.05) is 14.2 Å². The second-order valence-electron chi connectivity index (χ2n) is 4.26. The van der Waals surface area contributed by atoms with Crippen LogP contribution in [-0.4, -0.2) is 18.8 Å². The summed E-state index contributed by atoms with van der Waals surface area (Å²) in [7, 11) is 3.38. The highest BCUT2D eigenvalue weighted by Gasteiger charge is 2.10. The van der Waals surface area contributed by atoms with E-state index in [1.165, 1.54) is 0 Å². The number of allylic oxidation sites excluding steroid dienone is 1. The van der Waals surface area contributed by atoms with Gasteiger partial charge in [-0.1, -0.05) is 13.5 Å². The van der Waals surface area contributed by atoms with Crippen molar-refractivity contribution in [2.24, 2.45) is 0 Å². The lowest BCUT2D eigenvalue weighted by Crippen LogP contribution is -2.03. The number of rotatable bonds is 5. The normalized spacial score (nSPS) is 10.8. The Morgan fingerprint density at radius 3 is 2.67 bits per heavy atom. The van der Waals surface area contributed by atoms with Gasteiger partial charge in [0.25, 0.3) is 0 Å². The Morgan fingerprint density at radius 1 is 1.28 bits per heavy atom. The molecule has 0 amide bonds. The maximum Gasteiger partial charge on any atom is 0.123 e. The number of nitrogens with zero attached hydrogens (tertiary/aromatic N) is 1. The second-order valence-corrected chi connectivity index (χ2v) is 4.26. The molecule has 0 N–H and O–H groups in total. The lowest BCUT2D eigenvalue weighted by Gasteiger charge is -2.10. The van der Waals surface area contributed by atoms with Crippen molar-refractivity contribution < 1.29 is 9.47 Å². The van der Waals surface area contributed by atoms with Crippen molar-refractivity contribution in [1.82, 2.24) is 4.57 Å². The van der Waals surface area contributed by atoms with E-state index in [1.807, 2.05) is 12.1 Å². The van der Waals surface area contributed by atoms with Gasteiger partial charge in [-0.15, -0.1) is 0 Å². The zero-order valence-corrected chi connectivity index (χ0v) is 11.2. The lowest BCUT2D eigenvalue weighted by atomic mass is 10.1. The molecule has 3 heteroatoms. The molecule has 0 bridgehead atoms. The number of aromatic nitrogens is 1. The molecule has 0 saturated carbocycles. The van der Waals surface area contributed by atoms with E-state index in [0.29, 0.717) is 6.73 Å². The van der Waals surface area contributed by atoms with Gasteiger partial charge in [0, 0.05) is 18.2 Å². The van der Waals surface area contributed by atoms with E-state index in [-0.39, 0.29) is 0 Å². The van der Waals surface area contributed by atoms with Crippen molar-refractivity contribution in [3.8, 4) is 5.75 Å². The summed E-state index contributed by atoms with van der Waals surface area (Å²) >= 11 is 0. The first-order valence-corrected chi connectivity index (χ1v) is 6.05. The Kier molecular flexibility index (Phi) is 3.72. The Morgan fingerprint density at radius 2 is 2.06 bits per heavy atom. The molecule has 0 unspecified atom stereocenters. The molecule has 0 aliphatic heterocycles. The predicted octanol–water partition coefficient (Wildman–Crippen LogP) is 3.68. The van der Waals surface area contributed by atoms with E-state index in [1.54, 1.807) is 14.2 Å². The van der Waals surface area contributed by atoms with Crippen LogP contribution in [0, 0.1) is 0 Å². The lowest BCUT2D eigenvalue weighted by molar-refractivity contribution is 0.134. The van der Waals surface area contributed by atoms with Crippen LogP contribution < -0.4 is 4.74 Å². The Hall–Kier alpha value is -1.74. The van der Waals surface area contributed by atoms with Crippen LogP contribution in [0.5, 0.6) is 5.75 Å². The van der Waals surface area contributed by atoms with Gasteiger partial charge in [0.05, 0.1) is 12.6 Å². The van der Waals surface area contributed by atoms with Crippen molar-refractivity contribution in [3.63, 3.8) is 0 Å². The minimum Gasteiger partial charge on any atom is -0.497 e. The van der Waals surface area contributed by atoms with E-state index in [2.05, 4.69) is 30.2 Å². The highest BCUT2D eigenvalue weighted by molar-refractivity contribution is 5.86. The zero-order valence-electron chi connectivity index (χ0n) is 11.2. The maximum atomic E-state index is 5.28. The molecular weight excluding hydrogens is 226 g/mol. The van der Waals surface area contributed by atoms with Crippen LogP contribution in [0.25, 0.3) is 16.5 Å². The van der Waals surface area contributed by atoms with Gasteiger partial charge in [0.15, 0.2) is 0 Å². The van der Waals surface area contributed by atoms with Gasteiger partial charge >= 0.3 is 0 Å². The second kappa shape index (κ2) is 5.27. The monoisotopic (exact) mass is 245 g/mol. The van der Waals surface area contributed by atoms with E-state index >= 15 is 0 Å². The number of hydrogen-bond donors (Lipinski definition) is 0. The summed E-state index contributed by atoms with van der Waals surface area (Å²) in [5, 5.41) is 1.15. The third kappa shape index (κ3) is 2.14. The van der Waals surface area contributed by atoms with Gasteiger partial charge in [0.2, 0.25) is 0 Å². The topological polar surface area (TPSA) is 23.4 Å². The van der Waals surface area contributed by atoms with Gasteiger partial charge in [-0.05, 0) is 36.3 Å². The van der Waals surface area contributed by atoms with Crippen LogP contribution in [0.4, 0.5) is 0 Å². The van der Waals surface area contributed by atoms with E-state index in [0.717, 1.165) is 34.3 Å². The van der Waals surface area contributed by atoms with Crippen molar-refractivity contribution in [1.29, 1.82) is 0 Å². The van der Waals surface area contributed by atoms with Crippen LogP contribution in [-0.2, 0) is 11.5 Å². The Labute approximate surface area is 108 Å². The molecule has 0 saturated heterocycles. The highest BCUT2D eigenvalue weighted by atomic mass is 16.5. The largest absolute Gasteiger partial charge is 0.497 e. The summed E-state index contributed by atoms with van der Waals surface area (Å²) in [6.07, 6.45) is 0.928. The number of benzene rings is 1. The molecule has 0 radical (unpaired) electrons. The molecule has 18 heavy (non-hydrogen) atoms. The quantitative estimate of drug-likeness (QED) is 0.802. The van der Waals surface area contributed by atoms with E-state index in [9.17, 15) is 0 Å². The minimum absolute atomic E-state index is 0.532. The predicted molar refractivity (Wildman–Crippen MR) is 74.8 cm³/mol. The van der Waals surface area contributed by atoms with Gasteiger partial charge in [-0.3, -0.25) is 0 Å². The molecule has 0 spiro atoms. The molecular formula is C15H19NO2. The smallest absolute Gasteiger partial charge is 0.123 e. The van der Waals surface area contributed by atoms with Crippen LogP contribution in [0.3, 0.4) is 0 Å². The van der Waals surface area contributed by atoms with Gasteiger partial charge in [-0.25, -0.2) is 0 Å². The van der Waals surface area contributed by atoms with Gasteiger partial charge in [-0.2, -0.15) is 0 Å². The Balaban J connectivity index is 2.62. The van der Waals surface area contributed by atoms with Crippen LogP contribution in [0.2, 0.25) is 0 Å². The molecule has 2 aromatic rings. The molecule has 1 aromatic carbocycles. The fraction of sp³-hybridized carbons (Fsp3) is 0.333. The molecule has 1 aromatic heterocycles. The summed E-state index contributed by atoms with van der Waals surface area (Å²) in [5.74, 6) is 0.866. The van der Waals surface area contributed by atoms with Gasteiger partial charge < -0.3 is 14.0 Å². The van der Waals surface area contributed by atoms with E-state index < -0.39 is 0 Å². The summed E-state index contributed by atoms with van der Waals surface area (Å²) in [6.45, 7) is 6.76. The summed E-state index contributed by atoms with van der Waals surface area (Å²) < 4.78 is 12.7. The number of fused-ring (bicyclic) bond motifs is 1. The third-order valence-corrected chi connectivity index (χ3v) is 3.16. The first kappa shape index (κ1) is 12.7. The van der Waals surface area contributed by atoms with Crippen molar-refractivity contribution in [3.05, 3.63) is 36.5 Å². The maximum absolute atomic E-state index is 5.28. The third-order valence-electron chi connectivity index (χ3n) is 3.16. The molecule has 3 nitrogen and oxygen atoms in total. The average molecular weight is 245 g/mol. The number of hydrogen-bond acceptors (Lipinski definition) is 2. The summed E-state index contributed by atoms with van der Waals surface area (Å²) in [5.41, 5.74) is 3.38. The zero-order chi connectivity index (χ0) is 13.1. The number of methoxy groups -OCH3 is 2. The number of ether oxygens (including phenoxy) is 2. The molecule has 2 rings (SSSR count). The van der Waals surface area contributed by atoms with Crippen LogP contribution in [0.15, 0.2) is 30.8 Å². The average Bonchev–Trinajstić information content (AvgIpc) is 2.76. The fourth-order valence-corrected chi connectivity index (χ4v) is 2.12. The SMILES string of the molecule is C=C(CC)c1cc2cc(OC)ccc2n1COC. The standard InChI is InChI=1S/C15H19NO2/c1-5-11(2)15-9-12-8-13(18-4)6-7-14(12)16(15)10-17-3/h6-9H,2,5,10H2,1,3-4H3. The highest BCUT2D eigenvalue weighted by Crippen LogP contribution is 2.28. The van der Waals surface area contributed by atoms with E-state index in [4.69, 9.17) is 9.47 Å². The van der Waals surface area contributed by atoms with Crippen LogP contribution in [0.1, 0.15) is 19.0 Å². The van der Waals surface area contributed by atoms with Crippen molar-refractivity contribution in [2.45, 2.75) is 20.1 Å². The first-order chi connectivity index (χ1) is 8.71. The van der Waals surface area contributed by atoms with Crippen molar-refractivity contribution >= 4 is 16.5 Å². The van der Waals surface area contributed by atoms with Gasteiger partial charge in [0.1, 0.15) is 12.5 Å². The molecule has 0 fully saturated rings. The van der Waals surface area contributed by atoms with Crippen LogP contribution >= 0.6 is 0 Å². The molecule has 0 atom stereocenters. The molecule has 1 heterocycles. The fourth-order valence-electron chi connectivity index (χ4n) is 2.12. The summed E-state index contributed by atoms with van der Waals surface area (Å²) in [6, 6.07) is 8.20.